The summed E-state index contributed by atoms with van der Waals surface area (Å²) in [5.74, 6) is 0.720. The van der Waals surface area contributed by atoms with Crippen LogP contribution in [0.4, 0.5) is 0 Å². The fraction of sp³-hybridized carbons (Fsp3) is 0.209. The smallest absolute Gasteiger partial charge is 0.0550 e. The highest BCUT2D eigenvalue weighted by Crippen LogP contribution is 2.71. The summed E-state index contributed by atoms with van der Waals surface area (Å²) >= 11 is 0. The van der Waals surface area contributed by atoms with E-state index in [1.54, 1.807) is 11.1 Å². The van der Waals surface area contributed by atoms with Gasteiger partial charge in [-0.3, -0.25) is 0 Å². The van der Waals surface area contributed by atoms with Crippen LogP contribution in [0, 0.1) is 5.92 Å². The lowest BCUT2D eigenvalue weighted by Crippen LogP contribution is -2.37. The molecule has 1 nitrogen and oxygen atoms in total. The van der Waals surface area contributed by atoms with E-state index in [-0.39, 0.29) is 5.41 Å². The van der Waals surface area contributed by atoms with Crippen molar-refractivity contribution in [2.75, 3.05) is 0 Å². The normalized spacial score (nSPS) is 26.3. The summed E-state index contributed by atoms with van der Waals surface area (Å²) in [7, 11) is 0. The van der Waals surface area contributed by atoms with Crippen LogP contribution in [0.25, 0.3) is 27.8 Å². The summed E-state index contributed by atoms with van der Waals surface area (Å²) in [6, 6.07) is 34.7. The minimum atomic E-state index is -0.126. The highest BCUT2D eigenvalue weighted by atomic mass is 15.2. The van der Waals surface area contributed by atoms with Crippen LogP contribution in [0.3, 0.4) is 0 Å². The van der Waals surface area contributed by atoms with Gasteiger partial charge in [0, 0.05) is 23.2 Å². The van der Waals surface area contributed by atoms with Gasteiger partial charge in [0.15, 0.2) is 0 Å². The average molecular weight is 566 g/mol. The summed E-state index contributed by atoms with van der Waals surface area (Å²) < 4.78 is 0. The van der Waals surface area contributed by atoms with Gasteiger partial charge in [0.25, 0.3) is 0 Å². The highest BCUT2D eigenvalue weighted by Gasteiger charge is 2.62. The molecule has 4 atom stereocenters. The van der Waals surface area contributed by atoms with Crippen molar-refractivity contribution < 1.29 is 0 Å². The number of hydrogen-bond donors (Lipinski definition) is 0. The second-order valence-electron chi connectivity index (χ2n) is 13.3. The molecule has 0 saturated heterocycles. The van der Waals surface area contributed by atoms with Gasteiger partial charge in [-0.05, 0) is 99.9 Å². The van der Waals surface area contributed by atoms with Gasteiger partial charge in [0.2, 0.25) is 0 Å². The molecule has 10 rings (SSSR count). The Morgan fingerprint density at radius 1 is 0.705 bits per heavy atom. The van der Waals surface area contributed by atoms with Crippen LogP contribution in [0.15, 0.2) is 145 Å². The van der Waals surface area contributed by atoms with Crippen LogP contribution in [-0.2, 0) is 5.41 Å². The number of rotatable bonds is 4. The lowest BCUT2D eigenvalue weighted by Gasteiger charge is -2.41. The second-order valence-corrected chi connectivity index (χ2v) is 13.3. The zero-order chi connectivity index (χ0) is 28.8. The van der Waals surface area contributed by atoms with Crippen molar-refractivity contribution in [1.82, 2.24) is 4.90 Å². The Morgan fingerprint density at radius 3 is 2.34 bits per heavy atom. The maximum atomic E-state index is 2.72. The molecule has 4 aromatic carbocycles. The van der Waals surface area contributed by atoms with Crippen LogP contribution >= 0.6 is 0 Å². The molecule has 0 radical (unpaired) electrons. The molecule has 0 aromatic heterocycles. The maximum absolute atomic E-state index is 2.72. The van der Waals surface area contributed by atoms with E-state index in [2.05, 4.69) is 138 Å². The predicted molar refractivity (Wildman–Crippen MR) is 181 cm³/mol. The minimum absolute atomic E-state index is 0.126. The molecular formula is C43H35N. The van der Waals surface area contributed by atoms with Crippen molar-refractivity contribution >= 4 is 5.57 Å². The Bertz CT molecular complexity index is 2020. The molecule has 0 bridgehead atoms. The monoisotopic (exact) mass is 565 g/mol. The predicted octanol–water partition coefficient (Wildman–Crippen LogP) is 10.3. The largest absolute Gasteiger partial charge is 0.338 e. The van der Waals surface area contributed by atoms with Crippen LogP contribution in [0.1, 0.15) is 65.8 Å². The van der Waals surface area contributed by atoms with Gasteiger partial charge < -0.3 is 4.90 Å². The number of hydrogen-bond acceptors (Lipinski definition) is 1. The first-order valence-electron chi connectivity index (χ1n) is 16.5. The molecule has 1 heteroatoms. The van der Waals surface area contributed by atoms with Gasteiger partial charge in [0.1, 0.15) is 0 Å². The van der Waals surface area contributed by atoms with Gasteiger partial charge in [0.05, 0.1) is 11.5 Å². The zero-order valence-corrected chi connectivity index (χ0v) is 24.9. The van der Waals surface area contributed by atoms with E-state index in [1.807, 2.05) is 0 Å². The first-order valence-corrected chi connectivity index (χ1v) is 16.5. The van der Waals surface area contributed by atoms with E-state index in [9.17, 15) is 0 Å². The first kappa shape index (κ1) is 24.8. The topological polar surface area (TPSA) is 3.24 Å². The van der Waals surface area contributed by atoms with Gasteiger partial charge in [-0.15, -0.1) is 0 Å². The fourth-order valence-corrected chi connectivity index (χ4v) is 9.71. The third-order valence-corrected chi connectivity index (χ3v) is 11.3. The quantitative estimate of drug-likeness (QED) is 0.223. The molecular weight excluding hydrogens is 530 g/mol. The lowest BCUT2D eigenvalue weighted by molar-refractivity contribution is 0.321. The second kappa shape index (κ2) is 9.19. The molecule has 0 N–H and O–H groups in total. The van der Waals surface area contributed by atoms with Crippen molar-refractivity contribution in [1.29, 1.82) is 0 Å². The molecule has 0 amide bonds. The molecule has 4 aromatic rings. The summed E-state index contributed by atoms with van der Waals surface area (Å²) in [6.07, 6.45) is 23.3. The van der Waals surface area contributed by atoms with Crippen LogP contribution in [0.2, 0.25) is 0 Å². The molecule has 44 heavy (non-hydrogen) atoms. The maximum Gasteiger partial charge on any atom is 0.0550 e. The number of benzene rings is 4. The Hall–Kier alpha value is -4.62. The first-order chi connectivity index (χ1) is 21.8. The molecule has 0 fully saturated rings. The van der Waals surface area contributed by atoms with Crippen molar-refractivity contribution in [3.8, 4) is 22.3 Å². The average Bonchev–Trinajstić information content (AvgIpc) is 3.69. The van der Waals surface area contributed by atoms with E-state index in [0.29, 0.717) is 17.9 Å². The molecule has 0 heterocycles. The van der Waals surface area contributed by atoms with Gasteiger partial charge in [-0.25, -0.2) is 0 Å². The van der Waals surface area contributed by atoms with Crippen LogP contribution in [0.5, 0.6) is 0 Å². The van der Waals surface area contributed by atoms with Crippen LogP contribution in [-0.4, -0.2) is 10.9 Å². The third kappa shape index (κ3) is 3.15. The minimum Gasteiger partial charge on any atom is -0.338 e. The lowest BCUT2D eigenvalue weighted by atomic mass is 9.67. The Kier molecular flexibility index (Phi) is 5.18. The van der Waals surface area contributed by atoms with E-state index >= 15 is 0 Å². The SMILES string of the molecule is C1=CC(N(C2=CC3C(C=C2)c2cccc4c2C32c3ccccc3-c3cccc-4c32)C2=CC(c3ccccc3)=CCC2)CCC1. The van der Waals surface area contributed by atoms with E-state index in [0.717, 1.165) is 12.8 Å². The standard InChI is InChI=1S/C43H35N/c1-3-12-28(13-4-1)29-14-9-17-31(26-29)44(30-15-5-2-6-16-30)32-24-25-34-36-20-11-22-38-37-21-10-19-35-33-18-7-8-23-39(33)43(41(35)37,42(36)38)40(34)27-32/h1,3-5,7-8,10-15,18-27,30,34,40H,2,6,9,16-17H2. The van der Waals surface area contributed by atoms with E-state index < -0.39 is 0 Å². The van der Waals surface area contributed by atoms with Crippen molar-refractivity contribution in [2.45, 2.75) is 49.5 Å². The molecule has 0 saturated carbocycles. The molecule has 0 aliphatic heterocycles. The summed E-state index contributed by atoms with van der Waals surface area (Å²) in [4.78, 5) is 2.72. The van der Waals surface area contributed by atoms with Gasteiger partial charge >= 0.3 is 0 Å². The summed E-state index contributed by atoms with van der Waals surface area (Å²) in [5, 5.41) is 0. The fourth-order valence-electron chi connectivity index (χ4n) is 9.71. The number of allylic oxidation sites excluding steroid dienone is 8. The molecule has 212 valence electrons. The van der Waals surface area contributed by atoms with E-state index in [4.69, 9.17) is 0 Å². The number of fused-ring (bicyclic) bond motifs is 5. The molecule has 6 aliphatic rings. The zero-order valence-electron chi connectivity index (χ0n) is 24.9. The summed E-state index contributed by atoms with van der Waals surface area (Å²) in [6.45, 7) is 0. The Morgan fingerprint density at radius 2 is 1.48 bits per heavy atom. The van der Waals surface area contributed by atoms with Gasteiger partial charge in [-0.1, -0.05) is 121 Å². The highest BCUT2D eigenvalue weighted by molar-refractivity contribution is 5.99. The number of nitrogens with zero attached hydrogens (tertiary/aromatic N) is 1. The summed E-state index contributed by atoms with van der Waals surface area (Å²) in [5.41, 5.74) is 17.3. The van der Waals surface area contributed by atoms with Crippen molar-refractivity contribution in [3.63, 3.8) is 0 Å². The molecule has 6 aliphatic carbocycles. The van der Waals surface area contributed by atoms with Gasteiger partial charge in [-0.2, -0.15) is 0 Å². The third-order valence-electron chi connectivity index (χ3n) is 11.3. The molecule has 1 spiro atoms. The Balaban J connectivity index is 1.18. The van der Waals surface area contributed by atoms with Crippen LogP contribution < -0.4 is 0 Å². The van der Waals surface area contributed by atoms with Crippen molar-refractivity contribution in [3.05, 3.63) is 173 Å². The Labute approximate surface area is 260 Å². The molecule has 4 unspecified atom stereocenters. The van der Waals surface area contributed by atoms with E-state index in [1.165, 1.54) is 75.2 Å². The van der Waals surface area contributed by atoms with Crippen molar-refractivity contribution in [2.24, 2.45) is 5.92 Å².